The third-order valence-corrected chi connectivity index (χ3v) is 6.20. The van der Waals surface area contributed by atoms with E-state index < -0.39 is 26.9 Å². The van der Waals surface area contributed by atoms with E-state index >= 15 is 0 Å². The van der Waals surface area contributed by atoms with Gasteiger partial charge in [0.2, 0.25) is 0 Å². The lowest BCUT2D eigenvalue weighted by atomic mass is 10.0. The van der Waals surface area contributed by atoms with Crippen molar-refractivity contribution in [3.8, 4) is 0 Å². The molecule has 3 rings (SSSR count). The van der Waals surface area contributed by atoms with E-state index in [-0.39, 0.29) is 6.04 Å². The van der Waals surface area contributed by atoms with Crippen LogP contribution < -0.4 is 4.90 Å². The molecule has 5 nitrogen and oxygen atoms in total. The first kappa shape index (κ1) is 16.9. The molecule has 0 unspecified atom stereocenters. The molecule has 1 aromatic heterocycles. The van der Waals surface area contributed by atoms with Crippen molar-refractivity contribution in [1.82, 2.24) is 9.19 Å². The molecular formula is C16H19F2N3O2S. The van der Waals surface area contributed by atoms with Crippen LogP contribution in [0.2, 0.25) is 0 Å². The van der Waals surface area contributed by atoms with Crippen LogP contribution in [0, 0.1) is 11.6 Å². The fraction of sp³-hybridized carbons (Fsp3) is 0.438. The molecular weight excluding hydrogens is 336 g/mol. The quantitative estimate of drug-likeness (QED) is 0.846. The zero-order valence-electron chi connectivity index (χ0n) is 13.5. The molecule has 1 saturated heterocycles. The number of hydrogen-bond donors (Lipinski definition) is 0. The van der Waals surface area contributed by atoms with Crippen LogP contribution in [0.1, 0.15) is 38.3 Å². The molecule has 1 aliphatic rings. The number of aromatic nitrogens is 2. The standard InChI is InChI=1S/C16H19F2N3O2S/c1-11(2)24(22,23)21-16(5-6-19-21)20-7-3-4-15(20)12-8-13(17)10-14(18)9-12/h5-6,8-11,15H,3-4,7H2,1-2H3/t15-/m1/s1. The van der Waals surface area contributed by atoms with Gasteiger partial charge in [0, 0.05) is 18.7 Å². The molecule has 1 fully saturated rings. The van der Waals surface area contributed by atoms with Crippen LogP contribution in [0.4, 0.5) is 14.6 Å². The monoisotopic (exact) mass is 355 g/mol. The molecule has 0 N–H and O–H groups in total. The van der Waals surface area contributed by atoms with Crippen molar-refractivity contribution < 1.29 is 17.2 Å². The van der Waals surface area contributed by atoms with Crippen LogP contribution in [0.25, 0.3) is 0 Å². The van der Waals surface area contributed by atoms with Gasteiger partial charge in [-0.25, -0.2) is 17.2 Å². The van der Waals surface area contributed by atoms with E-state index in [0.717, 1.165) is 16.6 Å². The van der Waals surface area contributed by atoms with Gasteiger partial charge in [0.15, 0.2) is 0 Å². The third kappa shape index (κ3) is 2.90. The minimum absolute atomic E-state index is 0.284. The van der Waals surface area contributed by atoms with Gasteiger partial charge in [0.1, 0.15) is 17.5 Å². The van der Waals surface area contributed by atoms with Crippen molar-refractivity contribution in [3.63, 3.8) is 0 Å². The molecule has 0 amide bonds. The number of anilines is 1. The summed E-state index contributed by atoms with van der Waals surface area (Å²) in [6, 6.07) is 4.76. The van der Waals surface area contributed by atoms with Crippen molar-refractivity contribution in [3.05, 3.63) is 47.7 Å². The summed E-state index contributed by atoms with van der Waals surface area (Å²) >= 11 is 0. The molecule has 0 saturated carbocycles. The van der Waals surface area contributed by atoms with Crippen LogP contribution in [-0.4, -0.2) is 29.4 Å². The highest BCUT2D eigenvalue weighted by molar-refractivity contribution is 7.90. The summed E-state index contributed by atoms with van der Waals surface area (Å²) in [6.07, 6.45) is 2.92. The van der Waals surface area contributed by atoms with Crippen LogP contribution >= 0.6 is 0 Å². The Balaban J connectivity index is 2.03. The number of rotatable bonds is 4. The second-order valence-electron chi connectivity index (χ2n) is 6.18. The SMILES string of the molecule is CC(C)S(=O)(=O)n1nccc1N1CCC[C@@H]1c1cc(F)cc(F)c1. The average Bonchev–Trinajstić information content (AvgIpc) is 3.14. The summed E-state index contributed by atoms with van der Waals surface area (Å²) in [5.41, 5.74) is 0.500. The number of hydrogen-bond acceptors (Lipinski definition) is 4. The van der Waals surface area contributed by atoms with Gasteiger partial charge < -0.3 is 4.90 Å². The average molecular weight is 355 g/mol. The largest absolute Gasteiger partial charge is 0.349 e. The lowest BCUT2D eigenvalue weighted by Gasteiger charge is -2.27. The van der Waals surface area contributed by atoms with Crippen molar-refractivity contribution in [1.29, 1.82) is 0 Å². The van der Waals surface area contributed by atoms with Crippen molar-refractivity contribution in [2.24, 2.45) is 0 Å². The highest BCUT2D eigenvalue weighted by Gasteiger charge is 2.32. The van der Waals surface area contributed by atoms with Crippen LogP contribution in [-0.2, 0) is 10.0 Å². The fourth-order valence-electron chi connectivity index (χ4n) is 3.04. The topological polar surface area (TPSA) is 55.2 Å². The maximum absolute atomic E-state index is 13.6. The van der Waals surface area contributed by atoms with Gasteiger partial charge in [-0.1, -0.05) is 0 Å². The van der Waals surface area contributed by atoms with E-state index in [2.05, 4.69) is 5.10 Å². The highest BCUT2D eigenvalue weighted by atomic mass is 32.2. The third-order valence-electron chi connectivity index (χ3n) is 4.24. The Morgan fingerprint density at radius 3 is 2.50 bits per heavy atom. The van der Waals surface area contributed by atoms with Crippen molar-refractivity contribution in [2.75, 3.05) is 11.4 Å². The minimum Gasteiger partial charge on any atom is -0.349 e. The van der Waals surface area contributed by atoms with Gasteiger partial charge in [-0.05, 0) is 44.4 Å². The lowest BCUT2D eigenvalue weighted by molar-refractivity contribution is 0.564. The van der Waals surface area contributed by atoms with E-state index in [1.54, 1.807) is 19.9 Å². The Bertz CT molecular complexity index is 829. The summed E-state index contributed by atoms with van der Waals surface area (Å²) in [5.74, 6) is -0.851. The maximum atomic E-state index is 13.6. The molecule has 1 aliphatic heterocycles. The molecule has 24 heavy (non-hydrogen) atoms. The van der Waals surface area contributed by atoms with Gasteiger partial charge in [0.25, 0.3) is 10.0 Å². The van der Waals surface area contributed by atoms with Gasteiger partial charge in [-0.3, -0.25) is 0 Å². The second kappa shape index (κ2) is 6.16. The first-order chi connectivity index (χ1) is 11.3. The smallest absolute Gasteiger partial charge is 0.258 e. The zero-order chi connectivity index (χ0) is 17.5. The van der Waals surface area contributed by atoms with Crippen LogP contribution in [0.3, 0.4) is 0 Å². The van der Waals surface area contributed by atoms with Gasteiger partial charge in [-0.15, -0.1) is 4.09 Å². The summed E-state index contributed by atoms with van der Waals surface area (Å²) in [5, 5.41) is 3.33. The first-order valence-electron chi connectivity index (χ1n) is 7.82. The molecule has 0 aliphatic carbocycles. The molecule has 130 valence electrons. The molecule has 8 heteroatoms. The van der Waals surface area contributed by atoms with Crippen LogP contribution in [0.15, 0.2) is 30.5 Å². The summed E-state index contributed by atoms with van der Waals surface area (Å²) < 4.78 is 53.1. The van der Waals surface area contributed by atoms with Crippen LogP contribution in [0.5, 0.6) is 0 Å². The Labute approximate surface area is 139 Å². The molecule has 0 spiro atoms. The van der Waals surface area contributed by atoms with Crippen molar-refractivity contribution in [2.45, 2.75) is 38.0 Å². The molecule has 1 atom stereocenters. The Morgan fingerprint density at radius 1 is 1.21 bits per heavy atom. The predicted octanol–water partition coefficient (Wildman–Crippen LogP) is 3.09. The summed E-state index contributed by atoms with van der Waals surface area (Å²) in [4.78, 5) is 1.85. The lowest BCUT2D eigenvalue weighted by Crippen LogP contribution is -2.31. The van der Waals surface area contributed by atoms with Gasteiger partial charge >= 0.3 is 0 Å². The predicted molar refractivity (Wildman–Crippen MR) is 87.4 cm³/mol. The summed E-state index contributed by atoms with van der Waals surface area (Å²) in [6.45, 7) is 3.77. The second-order valence-corrected chi connectivity index (χ2v) is 8.50. The molecule has 1 aromatic carbocycles. The number of benzene rings is 1. The number of nitrogens with zero attached hydrogens (tertiary/aromatic N) is 3. The van der Waals surface area contributed by atoms with E-state index in [0.29, 0.717) is 24.3 Å². The molecule has 0 bridgehead atoms. The number of halogens is 2. The van der Waals surface area contributed by atoms with E-state index in [9.17, 15) is 17.2 Å². The molecule has 2 aromatic rings. The first-order valence-corrected chi connectivity index (χ1v) is 9.32. The Morgan fingerprint density at radius 2 is 1.88 bits per heavy atom. The van der Waals surface area contributed by atoms with E-state index in [1.165, 1.54) is 18.3 Å². The summed E-state index contributed by atoms with van der Waals surface area (Å²) in [7, 11) is -3.61. The minimum atomic E-state index is -3.61. The maximum Gasteiger partial charge on any atom is 0.258 e. The van der Waals surface area contributed by atoms with Gasteiger partial charge in [-0.2, -0.15) is 5.10 Å². The van der Waals surface area contributed by atoms with Crippen molar-refractivity contribution >= 4 is 15.8 Å². The molecule has 2 heterocycles. The fourth-order valence-corrected chi connectivity index (χ4v) is 4.05. The van der Waals surface area contributed by atoms with E-state index in [1.807, 2.05) is 4.90 Å². The Kier molecular flexibility index (Phi) is 4.33. The molecule has 0 radical (unpaired) electrons. The highest BCUT2D eigenvalue weighted by Crippen LogP contribution is 2.37. The van der Waals surface area contributed by atoms with Gasteiger partial charge in [0.05, 0.1) is 17.5 Å². The van der Waals surface area contributed by atoms with E-state index in [4.69, 9.17) is 0 Å². The normalized spacial score (nSPS) is 18.5. The zero-order valence-corrected chi connectivity index (χ0v) is 14.3. The Hall–Kier alpha value is -1.96.